The first-order chi connectivity index (χ1) is 16.9. The predicted octanol–water partition coefficient (Wildman–Crippen LogP) is 7.33. The number of carbonyl (C=O) groups excluding carboxylic acids is 1. The number of thiophene rings is 1. The van der Waals surface area contributed by atoms with E-state index in [0.29, 0.717) is 25.0 Å². The first kappa shape index (κ1) is 31.9. The highest BCUT2D eigenvalue weighted by Gasteiger charge is 2.11. The van der Waals surface area contributed by atoms with Crippen LogP contribution in [0.2, 0.25) is 0 Å². The monoisotopic (exact) mass is 499 g/mol. The van der Waals surface area contributed by atoms with Crippen molar-refractivity contribution in [3.05, 3.63) is 70.2 Å². The smallest absolute Gasteiger partial charge is 0.220 e. The molecule has 0 aromatic carbocycles. The van der Waals surface area contributed by atoms with Crippen molar-refractivity contribution in [2.45, 2.75) is 61.3 Å². The topological polar surface area (TPSA) is 73.7 Å². The third kappa shape index (κ3) is 14.7. The number of aliphatic imine (C=N–C) groups is 1. The average Bonchev–Trinajstić information content (AvgIpc) is 3.38. The zero-order valence-electron chi connectivity index (χ0n) is 22.5. The van der Waals surface area contributed by atoms with Crippen molar-refractivity contribution < 1.29 is 14.3 Å². The minimum atomic E-state index is -0.221. The molecule has 7 heteroatoms. The van der Waals surface area contributed by atoms with E-state index in [1.165, 1.54) is 18.1 Å². The molecule has 0 atom stereocenters. The zero-order chi connectivity index (χ0) is 26.5. The van der Waals surface area contributed by atoms with Crippen LogP contribution in [0.4, 0.5) is 0 Å². The summed E-state index contributed by atoms with van der Waals surface area (Å²) in [6, 6.07) is 3.69. The number of rotatable bonds is 11. The van der Waals surface area contributed by atoms with Crippen LogP contribution in [-0.2, 0) is 6.42 Å². The second kappa shape index (κ2) is 20.3. The average molecular weight is 500 g/mol. The van der Waals surface area contributed by atoms with Crippen molar-refractivity contribution in [2.75, 3.05) is 20.3 Å². The molecule has 0 aliphatic heterocycles. The number of nitrogens with zero attached hydrogens (tertiary/aromatic N) is 3. The van der Waals surface area contributed by atoms with Gasteiger partial charge >= 0.3 is 0 Å². The van der Waals surface area contributed by atoms with Crippen molar-refractivity contribution in [1.29, 1.82) is 0 Å². The van der Waals surface area contributed by atoms with Crippen LogP contribution in [0.1, 0.15) is 71.1 Å². The number of carbonyl (C=O) groups is 1. The van der Waals surface area contributed by atoms with E-state index in [1.807, 2.05) is 77.3 Å². The molecule has 192 valence electrons. The third-order valence-corrected chi connectivity index (χ3v) is 5.10. The maximum atomic E-state index is 11.7. The lowest BCUT2D eigenvalue weighted by Gasteiger charge is -2.10. The van der Waals surface area contributed by atoms with Crippen molar-refractivity contribution >= 4 is 22.8 Å². The number of hydrogen-bond acceptors (Lipinski definition) is 7. The van der Waals surface area contributed by atoms with Crippen LogP contribution in [0.25, 0.3) is 0 Å². The van der Waals surface area contributed by atoms with Crippen molar-refractivity contribution in [3.63, 3.8) is 0 Å². The highest BCUT2D eigenvalue weighted by Crippen LogP contribution is 2.18. The summed E-state index contributed by atoms with van der Waals surface area (Å²) in [6.45, 7) is 14.3. The molecule has 2 rings (SSSR count). The van der Waals surface area contributed by atoms with E-state index >= 15 is 0 Å². The number of aromatic nitrogens is 2. The van der Waals surface area contributed by atoms with E-state index in [1.54, 1.807) is 24.5 Å². The van der Waals surface area contributed by atoms with Gasteiger partial charge in [0.05, 0.1) is 19.3 Å². The Morgan fingerprint density at radius 1 is 1.03 bits per heavy atom. The SMILES string of the molecule is C/C=C\C(=C/C)CCOc1cc(OCCc2ccsc2)nc(C(C)=O)n1.C/C=C\C(C)=NC.CC. The van der Waals surface area contributed by atoms with E-state index in [0.717, 1.165) is 18.6 Å². The van der Waals surface area contributed by atoms with Crippen LogP contribution in [-0.4, -0.2) is 41.7 Å². The Bertz CT molecular complexity index is 962. The Morgan fingerprint density at radius 2 is 1.66 bits per heavy atom. The molecule has 2 heterocycles. The van der Waals surface area contributed by atoms with Crippen LogP contribution in [0.5, 0.6) is 11.8 Å². The fraction of sp³-hybridized carbons (Fsp3) is 0.429. The summed E-state index contributed by atoms with van der Waals surface area (Å²) < 4.78 is 11.4. The second-order valence-electron chi connectivity index (χ2n) is 6.98. The first-order valence-corrected chi connectivity index (χ1v) is 12.9. The standard InChI is InChI=1S/C20H24N2O3S.C6H11N.C2H6/c1-4-6-16(5-2)7-10-24-18-13-19(22-20(21-18)15(3)23)25-11-8-17-9-12-26-14-17;1-4-5-6(2)7-3;1-2/h4-6,9,12-14H,7-8,10-11H2,1-3H3;4-5H,1-3H3;1-2H3/b6-4-,16-5+;5-4-,7-6?;. The molecule has 0 saturated heterocycles. The lowest BCUT2D eigenvalue weighted by atomic mass is 10.2. The Hall–Kier alpha value is -3.06. The van der Waals surface area contributed by atoms with Gasteiger partial charge in [0.1, 0.15) is 0 Å². The van der Waals surface area contributed by atoms with Gasteiger partial charge in [-0.15, -0.1) is 0 Å². The molecule has 0 bridgehead atoms. The largest absolute Gasteiger partial charge is 0.477 e. The Labute approximate surface area is 215 Å². The minimum Gasteiger partial charge on any atom is -0.477 e. The molecular weight excluding hydrogens is 458 g/mol. The number of allylic oxidation sites excluding steroid dienone is 5. The van der Waals surface area contributed by atoms with Crippen LogP contribution in [0, 0.1) is 0 Å². The van der Waals surface area contributed by atoms with Gasteiger partial charge in [-0.25, -0.2) is 0 Å². The predicted molar refractivity (Wildman–Crippen MR) is 149 cm³/mol. The lowest BCUT2D eigenvalue weighted by molar-refractivity contribution is 0.100. The van der Waals surface area contributed by atoms with Gasteiger partial charge < -0.3 is 9.47 Å². The molecule has 2 aromatic rings. The highest BCUT2D eigenvalue weighted by molar-refractivity contribution is 7.07. The summed E-state index contributed by atoms with van der Waals surface area (Å²) in [5.74, 6) is 0.593. The molecule has 0 radical (unpaired) electrons. The van der Waals surface area contributed by atoms with Gasteiger partial charge in [0.25, 0.3) is 0 Å². The van der Waals surface area contributed by atoms with Gasteiger partial charge in [0.15, 0.2) is 5.78 Å². The Kier molecular flexibility index (Phi) is 18.5. The summed E-state index contributed by atoms with van der Waals surface area (Å²) in [7, 11) is 1.79. The minimum absolute atomic E-state index is 0.104. The summed E-state index contributed by atoms with van der Waals surface area (Å²) >= 11 is 1.66. The molecule has 35 heavy (non-hydrogen) atoms. The molecule has 0 saturated carbocycles. The molecule has 0 fully saturated rings. The van der Waals surface area contributed by atoms with Crippen molar-refractivity contribution in [2.24, 2.45) is 4.99 Å². The van der Waals surface area contributed by atoms with Gasteiger partial charge in [0, 0.05) is 32.5 Å². The quantitative estimate of drug-likeness (QED) is 0.184. The summed E-state index contributed by atoms with van der Waals surface area (Å²) in [6.07, 6.45) is 11.6. The number of hydrogen-bond donors (Lipinski definition) is 0. The molecule has 0 unspecified atom stereocenters. The molecule has 6 nitrogen and oxygen atoms in total. The number of Topliss-reactive ketones (excluding diaryl/α,β-unsaturated/α-hetero) is 1. The first-order valence-electron chi connectivity index (χ1n) is 11.9. The maximum absolute atomic E-state index is 11.7. The third-order valence-electron chi connectivity index (χ3n) is 4.37. The molecule has 0 amide bonds. The summed E-state index contributed by atoms with van der Waals surface area (Å²) in [4.78, 5) is 23.9. The maximum Gasteiger partial charge on any atom is 0.220 e. The second-order valence-corrected chi connectivity index (χ2v) is 7.76. The van der Waals surface area contributed by atoms with Crippen LogP contribution in [0.3, 0.4) is 0 Å². The molecule has 0 N–H and O–H groups in total. The molecule has 0 aliphatic rings. The summed E-state index contributed by atoms with van der Waals surface area (Å²) in [5.41, 5.74) is 3.47. The van der Waals surface area contributed by atoms with E-state index in [9.17, 15) is 4.79 Å². The Morgan fingerprint density at radius 3 is 2.11 bits per heavy atom. The molecular formula is C28H41N3O3S. The molecule has 2 aromatic heterocycles. The Balaban J connectivity index is 0.00000110. The summed E-state index contributed by atoms with van der Waals surface area (Å²) in [5, 5.41) is 4.12. The van der Waals surface area contributed by atoms with Crippen molar-refractivity contribution in [3.8, 4) is 11.8 Å². The zero-order valence-corrected chi connectivity index (χ0v) is 23.3. The van der Waals surface area contributed by atoms with Gasteiger partial charge in [-0.3, -0.25) is 9.79 Å². The van der Waals surface area contributed by atoms with Gasteiger partial charge in [0.2, 0.25) is 17.6 Å². The lowest BCUT2D eigenvalue weighted by Crippen LogP contribution is -2.09. The van der Waals surface area contributed by atoms with Crippen molar-refractivity contribution in [1.82, 2.24) is 9.97 Å². The fourth-order valence-corrected chi connectivity index (χ4v) is 3.25. The van der Waals surface area contributed by atoms with E-state index in [4.69, 9.17) is 9.47 Å². The normalized spacial score (nSPS) is 11.5. The van der Waals surface area contributed by atoms with E-state index in [-0.39, 0.29) is 11.6 Å². The number of ether oxygens (including phenoxy) is 2. The number of ketones is 1. The van der Waals surface area contributed by atoms with Gasteiger partial charge in [-0.05, 0) is 61.7 Å². The van der Waals surface area contributed by atoms with Gasteiger partial charge in [-0.2, -0.15) is 21.3 Å². The van der Waals surface area contributed by atoms with E-state index < -0.39 is 0 Å². The molecule has 0 spiro atoms. The fourth-order valence-electron chi connectivity index (χ4n) is 2.54. The highest BCUT2D eigenvalue weighted by atomic mass is 32.1. The van der Waals surface area contributed by atoms with Crippen LogP contribution < -0.4 is 9.47 Å². The van der Waals surface area contributed by atoms with Crippen LogP contribution >= 0.6 is 11.3 Å². The molecule has 0 aliphatic carbocycles. The van der Waals surface area contributed by atoms with Gasteiger partial charge in [-0.1, -0.05) is 38.2 Å². The van der Waals surface area contributed by atoms with E-state index in [2.05, 4.69) is 26.4 Å². The van der Waals surface area contributed by atoms with Crippen LogP contribution in [0.15, 0.2) is 63.8 Å².